The molecule has 7 nitrogen and oxygen atoms in total. The molecule has 0 spiro atoms. The van der Waals surface area contributed by atoms with Gasteiger partial charge in [-0.3, -0.25) is 4.79 Å². The van der Waals surface area contributed by atoms with E-state index in [4.69, 9.17) is 9.47 Å². The van der Waals surface area contributed by atoms with Crippen LogP contribution in [0.3, 0.4) is 0 Å². The summed E-state index contributed by atoms with van der Waals surface area (Å²) in [6, 6.07) is 0. The number of hydrogen-bond acceptors (Lipinski definition) is 6. The third-order valence-corrected chi connectivity index (χ3v) is 12.5. The van der Waals surface area contributed by atoms with E-state index in [-0.39, 0.29) is 24.2 Å². The number of hydrogen-bond donors (Lipinski definition) is 3. The molecule has 0 radical (unpaired) electrons. The minimum Gasteiger partial charge on any atom is -0.388 e. The number of nitrogens with zero attached hydrogens (tertiary/aromatic N) is 1. The van der Waals surface area contributed by atoms with Gasteiger partial charge in [0.15, 0.2) is 6.29 Å². The van der Waals surface area contributed by atoms with E-state index in [0.29, 0.717) is 35.0 Å². The maximum atomic E-state index is 13.8. The minimum absolute atomic E-state index is 0.0128. The number of amides is 1. The summed E-state index contributed by atoms with van der Waals surface area (Å²) in [4.78, 5) is 16.2. The van der Waals surface area contributed by atoms with Gasteiger partial charge in [0.2, 0.25) is 5.91 Å². The average Bonchev–Trinajstić information content (AvgIpc) is 2.93. The van der Waals surface area contributed by atoms with Crippen LogP contribution in [0.4, 0.5) is 0 Å². The molecule has 3 unspecified atom stereocenters. The first-order valence-corrected chi connectivity index (χ1v) is 15.8. The summed E-state index contributed by atoms with van der Waals surface area (Å²) in [5.74, 6) is 3.35. The molecule has 2 saturated heterocycles. The van der Waals surface area contributed by atoms with Gasteiger partial charge in [-0.25, -0.2) is 0 Å². The van der Waals surface area contributed by atoms with Crippen molar-refractivity contribution in [3.05, 3.63) is 0 Å². The van der Waals surface area contributed by atoms with Crippen LogP contribution in [-0.4, -0.2) is 75.5 Å². The lowest BCUT2D eigenvalue weighted by Crippen LogP contribution is -2.65. The van der Waals surface area contributed by atoms with Crippen molar-refractivity contribution in [2.75, 3.05) is 13.2 Å². The predicted molar refractivity (Wildman–Crippen MR) is 143 cm³/mol. The molecule has 1 amide bonds. The summed E-state index contributed by atoms with van der Waals surface area (Å²) in [6.07, 6.45) is 11.8. The molecule has 0 aromatic heterocycles. The molecular weight excluding hydrogens is 482 g/mol. The molecule has 7 heteroatoms. The summed E-state index contributed by atoms with van der Waals surface area (Å²) < 4.78 is 11.8. The fourth-order valence-corrected chi connectivity index (χ4v) is 10.2. The Kier molecular flexibility index (Phi) is 7.65. The van der Waals surface area contributed by atoms with Crippen molar-refractivity contribution in [3.63, 3.8) is 0 Å². The highest BCUT2D eigenvalue weighted by Gasteiger charge is 2.60. The Hall–Kier alpha value is -0.730. The minimum atomic E-state index is -1.23. The van der Waals surface area contributed by atoms with E-state index in [2.05, 4.69) is 18.7 Å². The summed E-state index contributed by atoms with van der Waals surface area (Å²) in [7, 11) is 0. The molecule has 2 heterocycles. The first kappa shape index (κ1) is 27.4. The van der Waals surface area contributed by atoms with E-state index in [1.54, 1.807) is 0 Å². The number of rotatable bonds is 3. The number of ether oxygens (including phenoxy) is 2. The van der Waals surface area contributed by atoms with Gasteiger partial charge in [-0.15, -0.1) is 0 Å². The molecule has 38 heavy (non-hydrogen) atoms. The van der Waals surface area contributed by atoms with Crippen molar-refractivity contribution in [1.29, 1.82) is 0 Å². The van der Waals surface area contributed by atoms with Crippen LogP contribution in [0.25, 0.3) is 0 Å². The van der Waals surface area contributed by atoms with Crippen molar-refractivity contribution in [1.82, 2.24) is 4.90 Å². The van der Waals surface area contributed by atoms with E-state index in [0.717, 1.165) is 51.5 Å². The second-order valence-electron chi connectivity index (χ2n) is 14.3. The molecule has 2 aliphatic heterocycles. The molecule has 11 atom stereocenters. The van der Waals surface area contributed by atoms with E-state index in [1.807, 2.05) is 0 Å². The molecule has 0 aromatic carbocycles. The highest BCUT2D eigenvalue weighted by Crippen LogP contribution is 2.63. The Balaban J connectivity index is 1.13. The molecule has 4 aliphatic carbocycles. The van der Waals surface area contributed by atoms with Gasteiger partial charge >= 0.3 is 0 Å². The van der Waals surface area contributed by atoms with E-state index < -0.39 is 24.6 Å². The number of carbonyl (C=O) groups is 1. The number of carbonyl (C=O) groups excluding carboxylic acids is 1. The van der Waals surface area contributed by atoms with Gasteiger partial charge in [0.1, 0.15) is 18.3 Å². The average molecular weight is 534 g/mol. The first-order valence-electron chi connectivity index (χ1n) is 15.8. The summed E-state index contributed by atoms with van der Waals surface area (Å²) in [5.41, 5.74) is 0.318. The van der Waals surface area contributed by atoms with Gasteiger partial charge in [-0.2, -0.15) is 0 Å². The topological polar surface area (TPSA) is 99.5 Å². The van der Waals surface area contributed by atoms with Gasteiger partial charge in [0.25, 0.3) is 0 Å². The normalized spacial score (nSPS) is 50.0. The molecule has 3 N–H and O–H groups in total. The molecule has 0 aromatic rings. The van der Waals surface area contributed by atoms with Crippen LogP contribution in [0.1, 0.15) is 104 Å². The molecule has 0 bridgehead atoms. The standard InChI is InChI=1S/C31H51NO6/c1-30-14-12-21(38-29-27(35)26(34)25(33)18-37-29)17-20(30)10-11-22-23(30)13-15-31(2)24(22)9-6-16-32(31)28(36)19-7-4-3-5-8-19/h19-27,29,33-35H,3-18H2,1-2H3/t20?,21-,22-,23-,24-,25+,26-,27+,29?,30+,31?/m0/s1. The van der Waals surface area contributed by atoms with Crippen LogP contribution in [0.2, 0.25) is 0 Å². The van der Waals surface area contributed by atoms with Gasteiger partial charge in [-0.05, 0) is 107 Å². The van der Waals surface area contributed by atoms with Gasteiger partial charge in [-0.1, -0.05) is 26.2 Å². The number of aliphatic hydroxyl groups is 3. The zero-order valence-corrected chi connectivity index (χ0v) is 23.6. The lowest BCUT2D eigenvalue weighted by Gasteiger charge is -2.64. The SMILES string of the molecule is CC12CC[C@H]3[C@H](CCC4C[C@@H](OC5OC[C@@H](O)[C@H](O)[C@H]5O)CC[C@]43C)[C@@H]1CCCN2C(=O)C1CCCCC1. The third kappa shape index (κ3) is 4.56. The van der Waals surface area contributed by atoms with Crippen LogP contribution in [0.15, 0.2) is 0 Å². The summed E-state index contributed by atoms with van der Waals surface area (Å²) >= 11 is 0. The molecule has 6 aliphatic rings. The first-order chi connectivity index (χ1) is 18.2. The van der Waals surface area contributed by atoms with Crippen LogP contribution < -0.4 is 0 Å². The van der Waals surface area contributed by atoms with Gasteiger partial charge in [0, 0.05) is 18.0 Å². The molecular formula is C31H51NO6. The van der Waals surface area contributed by atoms with Crippen LogP contribution >= 0.6 is 0 Å². The number of aliphatic hydroxyl groups excluding tert-OH is 3. The van der Waals surface area contributed by atoms with Gasteiger partial charge < -0.3 is 29.7 Å². The Bertz CT molecular complexity index is 863. The monoisotopic (exact) mass is 533 g/mol. The van der Waals surface area contributed by atoms with E-state index >= 15 is 0 Å². The Morgan fingerprint density at radius 3 is 2.45 bits per heavy atom. The van der Waals surface area contributed by atoms with Crippen molar-refractivity contribution in [2.24, 2.45) is 35.0 Å². The van der Waals surface area contributed by atoms with E-state index in [9.17, 15) is 20.1 Å². The fourth-order valence-electron chi connectivity index (χ4n) is 10.2. The molecule has 4 saturated carbocycles. The summed E-state index contributed by atoms with van der Waals surface area (Å²) in [5, 5.41) is 30.2. The van der Waals surface area contributed by atoms with Crippen molar-refractivity contribution < 1.29 is 29.6 Å². The maximum absolute atomic E-state index is 13.8. The van der Waals surface area contributed by atoms with Gasteiger partial charge in [0.05, 0.1) is 12.7 Å². The highest BCUT2D eigenvalue weighted by molar-refractivity contribution is 5.80. The smallest absolute Gasteiger partial charge is 0.226 e. The highest BCUT2D eigenvalue weighted by atomic mass is 16.7. The van der Waals surface area contributed by atoms with Crippen molar-refractivity contribution in [3.8, 4) is 0 Å². The third-order valence-electron chi connectivity index (χ3n) is 12.5. The maximum Gasteiger partial charge on any atom is 0.226 e. The largest absolute Gasteiger partial charge is 0.388 e. The fraction of sp³-hybridized carbons (Fsp3) is 0.968. The molecule has 6 fully saturated rings. The van der Waals surface area contributed by atoms with E-state index in [1.165, 1.54) is 44.9 Å². The predicted octanol–water partition coefficient (Wildman–Crippen LogP) is 4.01. The second-order valence-corrected chi connectivity index (χ2v) is 14.3. The Labute approximate surface area is 228 Å². The van der Waals surface area contributed by atoms with Crippen LogP contribution in [0, 0.1) is 35.0 Å². The Morgan fingerprint density at radius 1 is 0.868 bits per heavy atom. The molecule has 216 valence electrons. The van der Waals surface area contributed by atoms with Crippen LogP contribution in [0.5, 0.6) is 0 Å². The number of piperidine rings is 1. The second kappa shape index (κ2) is 10.6. The number of fused-ring (bicyclic) bond motifs is 5. The lowest BCUT2D eigenvalue weighted by molar-refractivity contribution is -0.289. The summed E-state index contributed by atoms with van der Waals surface area (Å²) in [6.45, 7) is 5.92. The Morgan fingerprint density at radius 2 is 1.66 bits per heavy atom. The van der Waals surface area contributed by atoms with Crippen molar-refractivity contribution in [2.45, 2.75) is 140 Å². The molecule has 6 rings (SSSR count). The van der Waals surface area contributed by atoms with Crippen molar-refractivity contribution >= 4 is 5.91 Å². The van der Waals surface area contributed by atoms with Crippen LogP contribution in [-0.2, 0) is 14.3 Å². The zero-order chi connectivity index (χ0) is 26.7. The quantitative estimate of drug-likeness (QED) is 0.474. The number of likely N-dealkylation sites (tertiary alicyclic amines) is 1. The lowest BCUT2D eigenvalue weighted by atomic mass is 9.45. The zero-order valence-electron chi connectivity index (χ0n) is 23.6.